The molecule has 3 aromatic carbocycles. The molecule has 4 aromatic rings. The number of carbonyl (C=O) groups is 3. The van der Waals surface area contributed by atoms with Gasteiger partial charge in [-0.3, -0.25) is 19.1 Å². The molecule has 1 heterocycles. The number of halogens is 5. The number of rotatable bonds is 12. The van der Waals surface area contributed by atoms with E-state index in [1.165, 1.54) is 29.0 Å². The Hall–Kier alpha value is -4.27. The van der Waals surface area contributed by atoms with Gasteiger partial charge in [-0.05, 0) is 87.2 Å². The highest BCUT2D eigenvalue weighted by Gasteiger charge is 2.29. The van der Waals surface area contributed by atoms with E-state index >= 15 is 0 Å². The fourth-order valence-corrected chi connectivity index (χ4v) is 5.31. The predicted octanol–water partition coefficient (Wildman–Crippen LogP) is 8.18. The SMILES string of the molecule is CCOC(=O)C(CCC(=O)n1cc(NC(=O)Nc2ccc(OCc3ccc(SC(F)(F)F)cc3)cc2)c2cc(Cl)c(F)cc21)N(C)C. The van der Waals surface area contributed by atoms with Gasteiger partial charge in [0.2, 0.25) is 5.91 Å². The second-order valence-corrected chi connectivity index (χ2v) is 12.0. The number of benzene rings is 3. The molecule has 0 aliphatic rings. The van der Waals surface area contributed by atoms with Gasteiger partial charge in [0.05, 0.1) is 22.8 Å². The van der Waals surface area contributed by atoms with E-state index in [9.17, 15) is 31.9 Å². The Bertz CT molecular complexity index is 1730. The summed E-state index contributed by atoms with van der Waals surface area (Å²) in [6, 6.07) is 13.3. The normalized spacial score (nSPS) is 12.2. The number of alkyl halides is 3. The molecule has 0 aliphatic carbocycles. The monoisotopic (exact) mass is 694 g/mol. The fraction of sp³-hybridized carbons (Fsp3) is 0.281. The molecule has 0 bridgehead atoms. The number of nitrogens with zero attached hydrogens (tertiary/aromatic N) is 2. The lowest BCUT2D eigenvalue weighted by molar-refractivity contribution is -0.148. The number of hydrogen-bond acceptors (Lipinski definition) is 7. The molecule has 1 atom stereocenters. The van der Waals surface area contributed by atoms with E-state index < -0.39 is 35.3 Å². The molecular weight excluding hydrogens is 664 g/mol. The number of likely N-dealkylation sites (N-methyl/N-ethyl adjacent to an activating group) is 1. The summed E-state index contributed by atoms with van der Waals surface area (Å²) in [6.45, 7) is 2.00. The van der Waals surface area contributed by atoms with Gasteiger partial charge in [-0.1, -0.05) is 23.7 Å². The number of amides is 2. The van der Waals surface area contributed by atoms with Crippen molar-refractivity contribution in [3.63, 3.8) is 0 Å². The topological polar surface area (TPSA) is 102 Å². The van der Waals surface area contributed by atoms with E-state index in [1.807, 2.05) is 0 Å². The Morgan fingerprint density at radius 2 is 1.70 bits per heavy atom. The van der Waals surface area contributed by atoms with Crippen LogP contribution in [0.2, 0.25) is 5.02 Å². The number of esters is 1. The summed E-state index contributed by atoms with van der Waals surface area (Å²) in [5.41, 5.74) is -2.91. The van der Waals surface area contributed by atoms with Crippen LogP contribution in [0.15, 0.2) is 71.8 Å². The Morgan fingerprint density at radius 1 is 1.02 bits per heavy atom. The van der Waals surface area contributed by atoms with Crippen LogP contribution in [0.25, 0.3) is 10.9 Å². The molecule has 250 valence electrons. The van der Waals surface area contributed by atoms with E-state index in [4.69, 9.17) is 21.1 Å². The number of anilines is 2. The number of fused-ring (bicyclic) bond motifs is 1. The number of aromatic nitrogens is 1. The van der Waals surface area contributed by atoms with Gasteiger partial charge in [-0.25, -0.2) is 9.18 Å². The summed E-state index contributed by atoms with van der Waals surface area (Å²) in [6.07, 6.45) is 1.44. The maximum absolute atomic E-state index is 14.4. The number of thioether (sulfide) groups is 1. The van der Waals surface area contributed by atoms with Crippen molar-refractivity contribution in [2.45, 2.75) is 42.8 Å². The molecular formula is C32H31ClF4N4O5S. The first-order valence-corrected chi connectivity index (χ1v) is 15.5. The third kappa shape index (κ3) is 9.86. The van der Waals surface area contributed by atoms with Crippen LogP contribution in [0.3, 0.4) is 0 Å². The van der Waals surface area contributed by atoms with Crippen molar-refractivity contribution in [3.05, 3.63) is 83.3 Å². The summed E-state index contributed by atoms with van der Waals surface area (Å²) in [7, 11) is 3.39. The van der Waals surface area contributed by atoms with Crippen LogP contribution in [0, 0.1) is 5.82 Å². The third-order valence-electron chi connectivity index (χ3n) is 6.85. The molecule has 1 unspecified atom stereocenters. The average Bonchev–Trinajstić information content (AvgIpc) is 3.33. The van der Waals surface area contributed by atoms with Crippen LogP contribution in [-0.2, 0) is 16.1 Å². The van der Waals surface area contributed by atoms with Crippen LogP contribution in [0.5, 0.6) is 5.75 Å². The molecule has 0 spiro atoms. The molecule has 47 heavy (non-hydrogen) atoms. The van der Waals surface area contributed by atoms with Crippen LogP contribution in [0.1, 0.15) is 30.1 Å². The quantitative estimate of drug-likeness (QED) is 0.0876. The van der Waals surface area contributed by atoms with Crippen molar-refractivity contribution in [1.29, 1.82) is 0 Å². The van der Waals surface area contributed by atoms with Crippen molar-refractivity contribution in [3.8, 4) is 5.75 Å². The van der Waals surface area contributed by atoms with Crippen molar-refractivity contribution in [2.24, 2.45) is 0 Å². The molecule has 15 heteroatoms. The first-order valence-electron chi connectivity index (χ1n) is 14.3. The standard InChI is InChI=1S/C32H31ClF4N4O5S/c1-4-45-30(43)27(40(2)3)13-14-29(42)41-17-26(23-15-24(33)25(34)16-28(23)41)39-31(44)38-20-7-9-21(10-8-20)46-18-19-5-11-22(12-6-19)47-32(35,36)37/h5-12,15-17,27H,4,13-14,18H2,1-3H3,(H2,38,39,44). The summed E-state index contributed by atoms with van der Waals surface area (Å²) >= 11 is 5.83. The van der Waals surface area contributed by atoms with Gasteiger partial charge in [0.15, 0.2) is 0 Å². The number of ether oxygens (including phenoxy) is 2. The largest absolute Gasteiger partial charge is 0.489 e. The average molecular weight is 695 g/mol. The van der Waals surface area contributed by atoms with Crippen molar-refractivity contribution < 1.29 is 41.4 Å². The second-order valence-electron chi connectivity index (χ2n) is 10.4. The van der Waals surface area contributed by atoms with E-state index in [2.05, 4.69) is 10.6 Å². The van der Waals surface area contributed by atoms with E-state index in [0.29, 0.717) is 22.4 Å². The predicted molar refractivity (Wildman–Crippen MR) is 173 cm³/mol. The smallest absolute Gasteiger partial charge is 0.446 e. The first kappa shape index (κ1) is 35.6. The van der Waals surface area contributed by atoms with E-state index in [1.54, 1.807) is 62.3 Å². The molecule has 2 N–H and O–H groups in total. The van der Waals surface area contributed by atoms with E-state index in [0.717, 1.165) is 6.07 Å². The highest BCUT2D eigenvalue weighted by atomic mass is 35.5. The molecule has 0 saturated carbocycles. The molecule has 2 amide bonds. The second kappa shape index (κ2) is 15.5. The minimum absolute atomic E-state index is 0.0713. The number of hydrogen-bond donors (Lipinski definition) is 2. The molecule has 1 aromatic heterocycles. The lowest BCUT2D eigenvalue weighted by atomic mass is 10.1. The minimum Gasteiger partial charge on any atom is -0.489 e. The summed E-state index contributed by atoms with van der Waals surface area (Å²) in [5, 5.41) is 5.45. The highest BCUT2D eigenvalue weighted by molar-refractivity contribution is 8.00. The van der Waals surface area contributed by atoms with Crippen molar-refractivity contribution >= 4 is 63.5 Å². The Balaban J connectivity index is 1.40. The van der Waals surface area contributed by atoms with Gasteiger partial charge in [-0.2, -0.15) is 13.2 Å². The number of urea groups is 1. The van der Waals surface area contributed by atoms with Crippen LogP contribution >= 0.6 is 23.4 Å². The maximum Gasteiger partial charge on any atom is 0.446 e. The number of carbonyl (C=O) groups excluding carboxylic acids is 3. The van der Waals surface area contributed by atoms with Gasteiger partial charge >= 0.3 is 17.5 Å². The molecule has 0 fully saturated rings. The summed E-state index contributed by atoms with van der Waals surface area (Å²) in [4.78, 5) is 40.2. The lowest BCUT2D eigenvalue weighted by Gasteiger charge is -2.22. The Labute approximate surface area is 277 Å². The summed E-state index contributed by atoms with van der Waals surface area (Å²) < 4.78 is 64.0. The van der Waals surface area contributed by atoms with Gasteiger partial charge in [-0.15, -0.1) is 0 Å². The van der Waals surface area contributed by atoms with Crippen molar-refractivity contribution in [1.82, 2.24) is 9.47 Å². The maximum atomic E-state index is 14.4. The van der Waals surface area contributed by atoms with Crippen LogP contribution in [-0.4, -0.2) is 59.6 Å². The minimum atomic E-state index is -4.36. The van der Waals surface area contributed by atoms with Gasteiger partial charge in [0.1, 0.15) is 24.2 Å². The number of nitrogens with one attached hydrogen (secondary N) is 2. The highest BCUT2D eigenvalue weighted by Crippen LogP contribution is 2.37. The zero-order chi connectivity index (χ0) is 34.3. The first-order chi connectivity index (χ1) is 22.2. The molecule has 4 rings (SSSR count). The lowest BCUT2D eigenvalue weighted by Crippen LogP contribution is -2.37. The van der Waals surface area contributed by atoms with Crippen LogP contribution in [0.4, 0.5) is 33.7 Å². The molecule has 9 nitrogen and oxygen atoms in total. The zero-order valence-electron chi connectivity index (χ0n) is 25.5. The molecule has 0 radical (unpaired) electrons. The van der Waals surface area contributed by atoms with Gasteiger partial charge < -0.3 is 20.1 Å². The Morgan fingerprint density at radius 3 is 2.32 bits per heavy atom. The molecule has 0 saturated heterocycles. The van der Waals surface area contributed by atoms with Gasteiger partial charge in [0, 0.05) is 34.7 Å². The fourth-order valence-electron chi connectivity index (χ4n) is 4.60. The van der Waals surface area contributed by atoms with E-state index in [-0.39, 0.29) is 58.9 Å². The molecule has 0 aliphatic heterocycles. The third-order valence-corrected chi connectivity index (χ3v) is 7.88. The summed E-state index contributed by atoms with van der Waals surface area (Å²) in [5.74, 6) is -1.19. The van der Waals surface area contributed by atoms with Crippen LogP contribution < -0.4 is 15.4 Å². The Kier molecular flexibility index (Phi) is 11.8. The van der Waals surface area contributed by atoms with Gasteiger partial charge in [0.25, 0.3) is 0 Å². The van der Waals surface area contributed by atoms with Crippen molar-refractivity contribution in [2.75, 3.05) is 31.3 Å². The zero-order valence-corrected chi connectivity index (χ0v) is 27.1.